The molecule has 0 saturated carbocycles. The molecule has 1 saturated heterocycles. The van der Waals surface area contributed by atoms with Crippen LogP contribution in [0.15, 0.2) is 41.2 Å². The van der Waals surface area contributed by atoms with E-state index in [9.17, 15) is 4.79 Å². The highest BCUT2D eigenvalue weighted by Crippen LogP contribution is 2.31. The van der Waals surface area contributed by atoms with E-state index in [1.54, 1.807) is 17.4 Å². The molecule has 21 heavy (non-hydrogen) atoms. The Morgan fingerprint density at radius 2 is 1.86 bits per heavy atom. The average Bonchev–Trinajstić information content (AvgIpc) is 2.53. The van der Waals surface area contributed by atoms with Crippen molar-refractivity contribution in [1.29, 1.82) is 0 Å². The van der Waals surface area contributed by atoms with E-state index in [1.165, 1.54) is 19.3 Å². The Kier molecular flexibility index (Phi) is 3.11. The fraction of sp³-hybridized carbons (Fsp3) is 0.294. The van der Waals surface area contributed by atoms with Crippen LogP contribution in [0.25, 0.3) is 20.8 Å². The van der Waals surface area contributed by atoms with E-state index in [2.05, 4.69) is 11.0 Å². The molecule has 2 heterocycles. The van der Waals surface area contributed by atoms with Crippen molar-refractivity contribution in [1.82, 2.24) is 4.98 Å². The third-order valence-electron chi connectivity index (χ3n) is 4.06. The number of hydrogen-bond donors (Lipinski definition) is 0. The molecule has 0 bridgehead atoms. The number of rotatable bonds is 1. The molecule has 0 radical (unpaired) electrons. The lowest BCUT2D eigenvalue weighted by Crippen LogP contribution is -2.33. The summed E-state index contributed by atoms with van der Waals surface area (Å²) in [6, 6.07) is 11.8. The molecule has 2 aliphatic heterocycles. The number of fused-ring (bicyclic) bond motifs is 2. The topological polar surface area (TPSA) is 33.2 Å². The molecule has 4 rings (SSSR count). The Labute approximate surface area is 127 Å². The first-order valence-corrected chi connectivity index (χ1v) is 8.21. The van der Waals surface area contributed by atoms with Crippen molar-refractivity contribution in [3.63, 3.8) is 0 Å². The Balaban J connectivity index is 1.90. The van der Waals surface area contributed by atoms with Gasteiger partial charge in [-0.2, -0.15) is 0 Å². The van der Waals surface area contributed by atoms with E-state index in [1.807, 2.05) is 24.3 Å². The van der Waals surface area contributed by atoms with Gasteiger partial charge in [0.25, 0.3) is 0 Å². The van der Waals surface area contributed by atoms with Crippen LogP contribution in [0, 0.1) is 0 Å². The Morgan fingerprint density at radius 3 is 2.71 bits per heavy atom. The molecule has 1 fully saturated rings. The standard InChI is InChI=1S/C17H16N2OS/c20-15-11-17-13(10-14(15)19-8-4-1-5-9-19)18-12-6-2-3-7-16(12)21-17/h2-3,6-7,10-11H,1,4-5,8-9H2. The SMILES string of the molecule is O=c1cc2sc3ccccc3nc-2cc1N1CCCCC1. The molecule has 0 spiro atoms. The van der Waals surface area contributed by atoms with Crippen molar-refractivity contribution in [2.75, 3.05) is 18.0 Å². The minimum Gasteiger partial charge on any atom is -0.368 e. The number of aromatic nitrogens is 1. The molecular formula is C17H16N2OS. The molecule has 106 valence electrons. The van der Waals surface area contributed by atoms with Gasteiger partial charge in [-0.05, 0) is 37.5 Å². The molecule has 0 N–H and O–H groups in total. The van der Waals surface area contributed by atoms with Gasteiger partial charge < -0.3 is 4.90 Å². The van der Waals surface area contributed by atoms with Gasteiger partial charge in [0.2, 0.25) is 5.43 Å². The maximum atomic E-state index is 12.4. The van der Waals surface area contributed by atoms with Crippen LogP contribution in [0.4, 0.5) is 5.69 Å². The zero-order valence-corrected chi connectivity index (χ0v) is 12.5. The molecule has 3 nitrogen and oxygen atoms in total. The van der Waals surface area contributed by atoms with E-state index in [0.29, 0.717) is 0 Å². The van der Waals surface area contributed by atoms with Gasteiger partial charge in [0.15, 0.2) is 0 Å². The zero-order chi connectivity index (χ0) is 14.2. The highest BCUT2D eigenvalue weighted by molar-refractivity contribution is 7.21. The predicted molar refractivity (Wildman–Crippen MR) is 88.6 cm³/mol. The molecule has 0 aromatic heterocycles. The van der Waals surface area contributed by atoms with Gasteiger partial charge in [-0.3, -0.25) is 4.79 Å². The number of para-hydroxylation sites is 1. The molecular weight excluding hydrogens is 280 g/mol. The predicted octanol–water partition coefficient (Wildman–Crippen LogP) is 3.75. The van der Waals surface area contributed by atoms with E-state index < -0.39 is 0 Å². The third kappa shape index (κ3) is 2.29. The van der Waals surface area contributed by atoms with Crippen molar-refractivity contribution in [2.45, 2.75) is 19.3 Å². The van der Waals surface area contributed by atoms with Crippen molar-refractivity contribution < 1.29 is 0 Å². The summed E-state index contributed by atoms with van der Waals surface area (Å²) in [5.41, 5.74) is 2.87. The lowest BCUT2D eigenvalue weighted by Gasteiger charge is -2.28. The fourth-order valence-electron chi connectivity index (χ4n) is 2.97. The minimum atomic E-state index is 0.123. The number of anilines is 1. The third-order valence-corrected chi connectivity index (χ3v) is 5.18. The van der Waals surface area contributed by atoms with Crippen LogP contribution in [0.3, 0.4) is 0 Å². The van der Waals surface area contributed by atoms with E-state index in [4.69, 9.17) is 4.98 Å². The summed E-state index contributed by atoms with van der Waals surface area (Å²) in [5, 5.41) is 0. The number of nitrogens with zero attached hydrogens (tertiary/aromatic N) is 2. The minimum absolute atomic E-state index is 0.123. The molecule has 4 heteroatoms. The molecule has 0 unspecified atom stereocenters. The molecule has 3 aliphatic rings. The first-order chi connectivity index (χ1) is 10.3. The summed E-state index contributed by atoms with van der Waals surface area (Å²) >= 11 is 1.64. The molecule has 0 atom stereocenters. The fourth-order valence-corrected chi connectivity index (χ4v) is 3.95. The van der Waals surface area contributed by atoms with Crippen LogP contribution in [0.1, 0.15) is 19.3 Å². The van der Waals surface area contributed by atoms with Gasteiger partial charge >= 0.3 is 0 Å². The summed E-state index contributed by atoms with van der Waals surface area (Å²) in [6.07, 6.45) is 3.61. The summed E-state index contributed by atoms with van der Waals surface area (Å²) < 4.78 is 1.12. The van der Waals surface area contributed by atoms with Crippen molar-refractivity contribution >= 4 is 27.2 Å². The van der Waals surface area contributed by atoms with Crippen LogP contribution in [0.2, 0.25) is 0 Å². The second-order valence-electron chi connectivity index (χ2n) is 5.52. The highest BCUT2D eigenvalue weighted by atomic mass is 32.1. The number of benzene rings is 2. The van der Waals surface area contributed by atoms with Crippen LogP contribution >= 0.6 is 11.3 Å². The Morgan fingerprint density at radius 1 is 1.05 bits per heavy atom. The van der Waals surface area contributed by atoms with E-state index in [-0.39, 0.29) is 5.43 Å². The summed E-state index contributed by atoms with van der Waals surface area (Å²) in [7, 11) is 0. The molecule has 0 amide bonds. The van der Waals surface area contributed by atoms with Crippen LogP contribution < -0.4 is 10.3 Å². The Hall–Kier alpha value is -1.94. The highest BCUT2D eigenvalue weighted by Gasteiger charge is 2.17. The second-order valence-corrected chi connectivity index (χ2v) is 6.60. The zero-order valence-electron chi connectivity index (χ0n) is 11.7. The smallest absolute Gasteiger partial charge is 0.203 e. The average molecular weight is 296 g/mol. The number of hydrogen-bond acceptors (Lipinski definition) is 4. The van der Waals surface area contributed by atoms with E-state index >= 15 is 0 Å². The maximum absolute atomic E-state index is 12.4. The largest absolute Gasteiger partial charge is 0.368 e. The van der Waals surface area contributed by atoms with Gasteiger partial charge in [0, 0.05) is 19.2 Å². The van der Waals surface area contributed by atoms with Gasteiger partial charge in [0.1, 0.15) is 0 Å². The molecule has 1 aromatic carbocycles. The second kappa shape index (κ2) is 5.11. The normalized spacial score (nSPS) is 15.7. The van der Waals surface area contributed by atoms with Gasteiger partial charge in [-0.25, -0.2) is 4.98 Å². The Bertz CT molecular complexity index is 821. The van der Waals surface area contributed by atoms with Crippen molar-refractivity contribution in [2.24, 2.45) is 0 Å². The lowest BCUT2D eigenvalue weighted by molar-refractivity contribution is 0.577. The first kappa shape index (κ1) is 12.8. The first-order valence-electron chi connectivity index (χ1n) is 7.40. The van der Waals surface area contributed by atoms with Crippen molar-refractivity contribution in [3.8, 4) is 10.6 Å². The summed E-state index contributed by atoms with van der Waals surface area (Å²) in [4.78, 5) is 20.3. The summed E-state index contributed by atoms with van der Waals surface area (Å²) in [5.74, 6) is 0. The van der Waals surface area contributed by atoms with Crippen LogP contribution in [-0.4, -0.2) is 18.1 Å². The van der Waals surface area contributed by atoms with Crippen molar-refractivity contribution in [3.05, 3.63) is 46.6 Å². The number of piperidine rings is 1. The van der Waals surface area contributed by atoms with Gasteiger partial charge in [-0.1, -0.05) is 12.1 Å². The molecule has 1 aromatic rings. The lowest BCUT2D eigenvalue weighted by atomic mass is 10.1. The molecule has 1 aliphatic carbocycles. The monoisotopic (exact) mass is 296 g/mol. The summed E-state index contributed by atoms with van der Waals surface area (Å²) in [6.45, 7) is 1.97. The van der Waals surface area contributed by atoms with E-state index in [0.717, 1.165) is 39.6 Å². The van der Waals surface area contributed by atoms with Crippen LogP contribution in [0.5, 0.6) is 0 Å². The quantitative estimate of drug-likeness (QED) is 0.641. The van der Waals surface area contributed by atoms with Gasteiger partial charge in [0.05, 0.1) is 26.5 Å². The van der Waals surface area contributed by atoms with Gasteiger partial charge in [-0.15, -0.1) is 11.3 Å². The van der Waals surface area contributed by atoms with Crippen LogP contribution in [-0.2, 0) is 0 Å². The maximum Gasteiger partial charge on any atom is 0.203 e.